The first kappa shape index (κ1) is 18.2. The van der Waals surface area contributed by atoms with Crippen LogP contribution >= 0.6 is 0 Å². The van der Waals surface area contributed by atoms with Gasteiger partial charge in [0.05, 0.1) is 5.69 Å². The lowest BCUT2D eigenvalue weighted by Crippen LogP contribution is -2.45. The van der Waals surface area contributed by atoms with Crippen molar-refractivity contribution in [2.75, 3.05) is 11.4 Å². The maximum atomic E-state index is 12.3. The summed E-state index contributed by atoms with van der Waals surface area (Å²) in [6.45, 7) is 11.8. The predicted molar refractivity (Wildman–Crippen MR) is 103 cm³/mol. The van der Waals surface area contributed by atoms with E-state index in [0.717, 1.165) is 47.6 Å². The number of aromatic nitrogens is 3. The largest absolute Gasteiger partial charge is 0.326 e. The second-order valence-corrected chi connectivity index (χ2v) is 7.39. The number of nitrogens with one attached hydrogen (secondary N) is 1. The first-order valence-corrected chi connectivity index (χ1v) is 9.17. The second-order valence-electron chi connectivity index (χ2n) is 7.39. The summed E-state index contributed by atoms with van der Waals surface area (Å²) >= 11 is 0. The number of nitrogens with zero attached hydrogens (tertiary/aromatic N) is 4. The summed E-state index contributed by atoms with van der Waals surface area (Å²) in [5.74, 6) is 0.647. The van der Waals surface area contributed by atoms with E-state index < -0.39 is 0 Å². The second kappa shape index (κ2) is 7.72. The molecule has 1 aliphatic heterocycles. The van der Waals surface area contributed by atoms with Gasteiger partial charge in [-0.05, 0) is 36.5 Å². The fraction of sp³-hybridized carbons (Fsp3) is 0.450. The van der Waals surface area contributed by atoms with Crippen LogP contribution in [0.2, 0.25) is 0 Å². The Bertz CT molecular complexity index is 808. The molecule has 26 heavy (non-hydrogen) atoms. The number of rotatable bonds is 6. The van der Waals surface area contributed by atoms with Crippen LogP contribution < -0.4 is 10.2 Å². The lowest BCUT2D eigenvalue weighted by Gasteiger charge is -2.30. The molecule has 0 spiro atoms. The van der Waals surface area contributed by atoms with Crippen LogP contribution in [0.5, 0.6) is 0 Å². The smallest absolute Gasteiger partial charge is 0.312 e. The number of amides is 2. The quantitative estimate of drug-likeness (QED) is 0.862. The Hall–Kier alpha value is -2.63. The first-order valence-electron chi connectivity index (χ1n) is 9.17. The molecule has 6 nitrogen and oxygen atoms in total. The van der Waals surface area contributed by atoms with Gasteiger partial charge < -0.3 is 5.32 Å². The van der Waals surface area contributed by atoms with Crippen molar-refractivity contribution in [2.24, 2.45) is 5.92 Å². The molecule has 1 aliphatic rings. The standard InChI is InChI=1S/C20H27N5O/c1-14(2)7-9-24-13-18(22-23-24)11-17-6-5-15(3)19(12-17)25-10-8-16(4)21-20(25)26/h5-6,12-14H,4,7-11H2,1-3H3,(H,21,26). The van der Waals surface area contributed by atoms with Crippen LogP contribution in [0.4, 0.5) is 10.5 Å². The summed E-state index contributed by atoms with van der Waals surface area (Å²) in [4.78, 5) is 14.1. The molecule has 1 N–H and O–H groups in total. The molecule has 138 valence electrons. The van der Waals surface area contributed by atoms with E-state index in [9.17, 15) is 4.79 Å². The molecule has 6 heteroatoms. The lowest BCUT2D eigenvalue weighted by atomic mass is 10.0. The lowest BCUT2D eigenvalue weighted by molar-refractivity contribution is 0.246. The van der Waals surface area contributed by atoms with Crippen LogP contribution in [0.3, 0.4) is 0 Å². The van der Waals surface area contributed by atoms with Crippen molar-refractivity contribution in [1.29, 1.82) is 0 Å². The van der Waals surface area contributed by atoms with Crippen LogP contribution in [0.25, 0.3) is 0 Å². The molecule has 0 aliphatic carbocycles. The third-order valence-electron chi connectivity index (χ3n) is 4.64. The zero-order chi connectivity index (χ0) is 18.7. The van der Waals surface area contributed by atoms with Crippen molar-refractivity contribution in [3.63, 3.8) is 0 Å². The van der Waals surface area contributed by atoms with Crippen LogP contribution in [0.15, 0.2) is 36.7 Å². The number of carbonyl (C=O) groups excluding carboxylic acids is 1. The molecule has 3 rings (SSSR count). The van der Waals surface area contributed by atoms with Gasteiger partial charge >= 0.3 is 6.03 Å². The van der Waals surface area contributed by atoms with E-state index in [2.05, 4.69) is 54.3 Å². The highest BCUT2D eigenvalue weighted by Gasteiger charge is 2.22. The summed E-state index contributed by atoms with van der Waals surface area (Å²) in [5.41, 5.74) is 4.87. The monoisotopic (exact) mass is 353 g/mol. The van der Waals surface area contributed by atoms with Gasteiger partial charge in [-0.15, -0.1) is 5.10 Å². The summed E-state index contributed by atoms with van der Waals surface area (Å²) in [6.07, 6.45) is 4.57. The summed E-state index contributed by atoms with van der Waals surface area (Å²) in [7, 11) is 0. The minimum Gasteiger partial charge on any atom is -0.312 e. The number of benzene rings is 1. The summed E-state index contributed by atoms with van der Waals surface area (Å²) in [5, 5.41) is 11.3. The Morgan fingerprint density at radius 2 is 2.15 bits per heavy atom. The predicted octanol–water partition coefficient (Wildman–Crippen LogP) is 3.66. The van der Waals surface area contributed by atoms with Crippen LogP contribution in [0, 0.1) is 12.8 Å². The highest BCUT2D eigenvalue weighted by molar-refractivity contribution is 5.94. The number of urea groups is 1. The van der Waals surface area contributed by atoms with Crippen LogP contribution in [-0.2, 0) is 13.0 Å². The van der Waals surface area contributed by atoms with Gasteiger partial charge in [0, 0.05) is 43.5 Å². The van der Waals surface area contributed by atoms with E-state index >= 15 is 0 Å². The van der Waals surface area contributed by atoms with Crippen molar-refractivity contribution >= 4 is 11.7 Å². The average Bonchev–Trinajstić information content (AvgIpc) is 3.03. The first-order chi connectivity index (χ1) is 12.4. The molecule has 2 amide bonds. The van der Waals surface area contributed by atoms with Gasteiger partial charge in [0.1, 0.15) is 0 Å². The fourth-order valence-corrected chi connectivity index (χ4v) is 3.04. The third kappa shape index (κ3) is 4.31. The van der Waals surface area contributed by atoms with Crippen LogP contribution in [0.1, 0.15) is 43.5 Å². The minimum absolute atomic E-state index is 0.110. The number of aryl methyl sites for hydroxylation is 2. The highest BCUT2D eigenvalue weighted by atomic mass is 16.2. The van der Waals surface area contributed by atoms with Crippen molar-refractivity contribution in [1.82, 2.24) is 20.3 Å². The molecule has 0 bridgehead atoms. The molecule has 0 unspecified atom stereocenters. The molecule has 2 heterocycles. The Labute approximate surface area is 154 Å². The van der Waals surface area contributed by atoms with E-state index in [4.69, 9.17) is 0 Å². The Kier molecular flexibility index (Phi) is 5.40. The molecule has 2 aromatic rings. The van der Waals surface area contributed by atoms with E-state index in [0.29, 0.717) is 18.9 Å². The van der Waals surface area contributed by atoms with Crippen molar-refractivity contribution in [3.05, 3.63) is 53.5 Å². The number of anilines is 1. The number of carbonyl (C=O) groups is 1. The van der Waals surface area contributed by atoms with Gasteiger partial charge in [-0.25, -0.2) is 4.79 Å². The minimum atomic E-state index is -0.110. The van der Waals surface area contributed by atoms with Crippen molar-refractivity contribution in [2.45, 2.75) is 46.6 Å². The topological polar surface area (TPSA) is 63.1 Å². The number of hydrogen-bond donors (Lipinski definition) is 1. The van der Waals surface area contributed by atoms with Gasteiger partial charge in [0.25, 0.3) is 0 Å². The molecule has 1 saturated heterocycles. The Morgan fingerprint density at radius 1 is 1.35 bits per heavy atom. The van der Waals surface area contributed by atoms with E-state index in [-0.39, 0.29) is 6.03 Å². The van der Waals surface area contributed by atoms with Crippen molar-refractivity contribution in [3.8, 4) is 0 Å². The van der Waals surface area contributed by atoms with E-state index in [1.165, 1.54) is 0 Å². The maximum Gasteiger partial charge on any atom is 0.326 e. The SMILES string of the molecule is C=C1CCN(c2cc(Cc3cn(CCC(C)C)nn3)ccc2C)C(=O)N1. The molecule has 0 saturated carbocycles. The molecular weight excluding hydrogens is 326 g/mol. The highest BCUT2D eigenvalue weighted by Crippen LogP contribution is 2.25. The molecular formula is C20H27N5O. The summed E-state index contributed by atoms with van der Waals surface area (Å²) in [6, 6.07) is 6.12. The molecule has 1 fully saturated rings. The number of hydrogen-bond acceptors (Lipinski definition) is 3. The van der Waals surface area contributed by atoms with Crippen LogP contribution in [-0.4, -0.2) is 27.6 Å². The van der Waals surface area contributed by atoms with Crippen molar-refractivity contribution < 1.29 is 4.79 Å². The van der Waals surface area contributed by atoms with Gasteiger partial charge in [-0.2, -0.15) is 0 Å². The van der Waals surface area contributed by atoms with E-state index in [1.54, 1.807) is 4.90 Å². The zero-order valence-corrected chi connectivity index (χ0v) is 15.8. The Balaban J connectivity index is 1.73. The molecule has 1 aromatic carbocycles. The molecule has 1 aromatic heterocycles. The third-order valence-corrected chi connectivity index (χ3v) is 4.64. The zero-order valence-electron chi connectivity index (χ0n) is 15.8. The maximum absolute atomic E-state index is 12.3. The molecule has 0 atom stereocenters. The molecule has 0 radical (unpaired) electrons. The van der Waals surface area contributed by atoms with Gasteiger partial charge in [-0.1, -0.05) is 37.8 Å². The van der Waals surface area contributed by atoms with Gasteiger partial charge in [-0.3, -0.25) is 9.58 Å². The van der Waals surface area contributed by atoms with Gasteiger partial charge in [0.2, 0.25) is 0 Å². The van der Waals surface area contributed by atoms with Gasteiger partial charge in [0.15, 0.2) is 0 Å². The fourth-order valence-electron chi connectivity index (χ4n) is 3.04. The van der Waals surface area contributed by atoms with E-state index in [1.807, 2.05) is 17.8 Å². The average molecular weight is 353 g/mol. The normalized spacial score (nSPS) is 14.8. The summed E-state index contributed by atoms with van der Waals surface area (Å²) < 4.78 is 1.91. The Morgan fingerprint density at radius 3 is 2.88 bits per heavy atom.